The monoisotopic (exact) mass is 256 g/mol. The Morgan fingerprint density at radius 3 is 2.78 bits per heavy atom. The van der Waals surface area contributed by atoms with E-state index in [2.05, 4.69) is 0 Å². The van der Waals surface area contributed by atoms with Gasteiger partial charge in [0.05, 0.1) is 0 Å². The molecule has 3 N–H and O–H groups in total. The van der Waals surface area contributed by atoms with Gasteiger partial charge in [0.2, 0.25) is 5.91 Å². The van der Waals surface area contributed by atoms with E-state index in [9.17, 15) is 9.90 Å². The van der Waals surface area contributed by atoms with Crippen molar-refractivity contribution < 1.29 is 9.90 Å². The van der Waals surface area contributed by atoms with Crippen molar-refractivity contribution in [2.75, 3.05) is 19.7 Å². The number of carbonyl (C=O) groups excluding carboxylic acids is 1. The van der Waals surface area contributed by atoms with Crippen molar-refractivity contribution in [3.05, 3.63) is 0 Å². The number of hydrogen-bond acceptors (Lipinski definition) is 3. The number of likely N-dealkylation sites (tertiary alicyclic amines) is 1. The van der Waals surface area contributed by atoms with Crippen LogP contribution in [0.4, 0.5) is 0 Å². The second-order valence-electron chi connectivity index (χ2n) is 5.78. The van der Waals surface area contributed by atoms with Gasteiger partial charge in [-0.15, -0.1) is 0 Å². The van der Waals surface area contributed by atoms with Crippen LogP contribution in [0.25, 0.3) is 0 Å². The predicted molar refractivity (Wildman–Crippen MR) is 73.1 cm³/mol. The van der Waals surface area contributed by atoms with E-state index in [1.165, 1.54) is 0 Å². The van der Waals surface area contributed by atoms with Crippen molar-refractivity contribution in [3.8, 4) is 0 Å². The quantitative estimate of drug-likeness (QED) is 0.754. The maximum atomic E-state index is 12.2. The highest BCUT2D eigenvalue weighted by atomic mass is 16.3. The summed E-state index contributed by atoms with van der Waals surface area (Å²) in [7, 11) is 0. The molecule has 0 radical (unpaired) electrons. The van der Waals surface area contributed by atoms with Crippen LogP contribution in [0.5, 0.6) is 0 Å². The van der Waals surface area contributed by atoms with Crippen LogP contribution in [0.3, 0.4) is 0 Å². The number of aliphatic hydroxyl groups is 1. The number of nitrogens with zero attached hydrogens (tertiary/aromatic N) is 1. The lowest BCUT2D eigenvalue weighted by atomic mass is 9.95. The molecular formula is C14H28N2O2. The summed E-state index contributed by atoms with van der Waals surface area (Å²) in [6, 6.07) is 0.223. The third kappa shape index (κ3) is 4.94. The van der Waals surface area contributed by atoms with E-state index in [0.717, 1.165) is 45.2 Å². The van der Waals surface area contributed by atoms with Crippen molar-refractivity contribution in [2.24, 2.45) is 17.6 Å². The summed E-state index contributed by atoms with van der Waals surface area (Å²) < 4.78 is 0. The van der Waals surface area contributed by atoms with E-state index in [4.69, 9.17) is 5.73 Å². The molecule has 4 heteroatoms. The van der Waals surface area contributed by atoms with Crippen molar-refractivity contribution in [1.82, 2.24) is 4.90 Å². The summed E-state index contributed by atoms with van der Waals surface area (Å²) in [6.07, 6.45) is 4.97. The molecule has 1 saturated heterocycles. The van der Waals surface area contributed by atoms with E-state index in [-0.39, 0.29) is 30.4 Å². The van der Waals surface area contributed by atoms with Crippen LogP contribution >= 0.6 is 0 Å². The lowest BCUT2D eigenvalue weighted by molar-refractivity contribution is -0.137. The molecule has 0 aromatic rings. The Hall–Kier alpha value is -0.610. The molecule has 0 saturated carbocycles. The predicted octanol–water partition coefficient (Wildman–Crippen LogP) is 1.37. The number of aliphatic hydroxyl groups excluding tert-OH is 1. The Morgan fingerprint density at radius 1 is 1.44 bits per heavy atom. The fourth-order valence-electron chi connectivity index (χ4n) is 2.60. The van der Waals surface area contributed by atoms with Crippen LogP contribution in [0.2, 0.25) is 0 Å². The van der Waals surface area contributed by atoms with Crippen LogP contribution in [-0.4, -0.2) is 41.7 Å². The van der Waals surface area contributed by atoms with Crippen LogP contribution in [0, 0.1) is 11.8 Å². The number of carbonyl (C=O) groups is 1. The lowest BCUT2D eigenvalue weighted by Crippen LogP contribution is -2.43. The summed E-state index contributed by atoms with van der Waals surface area (Å²) in [5, 5.41) is 9.18. The fraction of sp³-hybridized carbons (Fsp3) is 0.929. The summed E-state index contributed by atoms with van der Waals surface area (Å²) in [4.78, 5) is 14.2. The third-order valence-electron chi connectivity index (χ3n) is 3.81. The first kappa shape index (κ1) is 15.4. The van der Waals surface area contributed by atoms with Gasteiger partial charge >= 0.3 is 0 Å². The van der Waals surface area contributed by atoms with Gasteiger partial charge in [-0.25, -0.2) is 0 Å². The van der Waals surface area contributed by atoms with Crippen molar-refractivity contribution in [2.45, 2.75) is 52.0 Å². The molecule has 0 aromatic carbocycles. The first-order valence-electron chi connectivity index (χ1n) is 7.19. The van der Waals surface area contributed by atoms with Crippen LogP contribution < -0.4 is 5.73 Å². The van der Waals surface area contributed by atoms with Crippen LogP contribution in [0.15, 0.2) is 0 Å². The Kier molecular flexibility index (Phi) is 6.65. The summed E-state index contributed by atoms with van der Waals surface area (Å²) >= 11 is 0. The van der Waals surface area contributed by atoms with E-state index >= 15 is 0 Å². The number of amides is 1. The molecule has 1 heterocycles. The molecular weight excluding hydrogens is 228 g/mol. The molecule has 1 aliphatic heterocycles. The molecule has 0 bridgehead atoms. The van der Waals surface area contributed by atoms with Crippen molar-refractivity contribution >= 4 is 5.91 Å². The van der Waals surface area contributed by atoms with Gasteiger partial charge in [-0.3, -0.25) is 4.79 Å². The zero-order valence-electron chi connectivity index (χ0n) is 11.8. The molecule has 3 unspecified atom stereocenters. The maximum absolute atomic E-state index is 12.2. The molecule has 0 spiro atoms. The third-order valence-corrected chi connectivity index (χ3v) is 3.81. The minimum Gasteiger partial charge on any atom is -0.396 e. The number of hydrogen-bond donors (Lipinski definition) is 2. The van der Waals surface area contributed by atoms with Crippen LogP contribution in [0.1, 0.15) is 46.0 Å². The van der Waals surface area contributed by atoms with E-state index in [1.807, 2.05) is 18.7 Å². The highest BCUT2D eigenvalue weighted by Crippen LogP contribution is 2.19. The van der Waals surface area contributed by atoms with E-state index in [0.29, 0.717) is 0 Å². The molecule has 1 aliphatic rings. The lowest BCUT2D eigenvalue weighted by Gasteiger charge is -2.33. The standard InChI is InChI=1S/C14H28N2O2/c1-11(5-3-6-12(2)15)14(18)16-8-4-7-13(9-16)10-17/h11-13,17H,3-10,15H2,1-2H3. The maximum Gasteiger partial charge on any atom is 0.225 e. The topological polar surface area (TPSA) is 66.6 Å². The Bertz CT molecular complexity index is 256. The fourth-order valence-corrected chi connectivity index (χ4v) is 2.60. The SMILES string of the molecule is CC(N)CCCC(C)C(=O)N1CCCC(CO)C1. The largest absolute Gasteiger partial charge is 0.396 e. The van der Waals surface area contributed by atoms with Gasteiger partial charge in [0, 0.05) is 31.7 Å². The van der Waals surface area contributed by atoms with Gasteiger partial charge in [-0.1, -0.05) is 13.3 Å². The Balaban J connectivity index is 2.33. The van der Waals surface area contributed by atoms with Gasteiger partial charge in [-0.2, -0.15) is 0 Å². The highest BCUT2D eigenvalue weighted by molar-refractivity contribution is 5.78. The first-order chi connectivity index (χ1) is 8.54. The number of piperidine rings is 1. The van der Waals surface area contributed by atoms with Crippen molar-refractivity contribution in [1.29, 1.82) is 0 Å². The second-order valence-corrected chi connectivity index (χ2v) is 5.78. The molecule has 106 valence electrons. The van der Waals surface area contributed by atoms with Gasteiger partial charge in [0.15, 0.2) is 0 Å². The first-order valence-corrected chi connectivity index (χ1v) is 7.19. The molecule has 1 rings (SSSR count). The van der Waals surface area contributed by atoms with Crippen LogP contribution in [-0.2, 0) is 4.79 Å². The van der Waals surface area contributed by atoms with Crippen molar-refractivity contribution in [3.63, 3.8) is 0 Å². The molecule has 0 aromatic heterocycles. The Labute approximate surface area is 111 Å². The summed E-state index contributed by atoms with van der Waals surface area (Å²) in [5.74, 6) is 0.609. The zero-order chi connectivity index (χ0) is 13.5. The molecule has 0 aliphatic carbocycles. The average Bonchev–Trinajstić information content (AvgIpc) is 2.37. The average molecular weight is 256 g/mol. The molecule has 1 fully saturated rings. The molecule has 1 amide bonds. The van der Waals surface area contributed by atoms with E-state index < -0.39 is 0 Å². The van der Waals surface area contributed by atoms with Gasteiger partial charge in [0.25, 0.3) is 0 Å². The second kappa shape index (κ2) is 7.74. The smallest absolute Gasteiger partial charge is 0.225 e. The summed E-state index contributed by atoms with van der Waals surface area (Å²) in [5.41, 5.74) is 5.71. The van der Waals surface area contributed by atoms with Gasteiger partial charge < -0.3 is 15.7 Å². The summed E-state index contributed by atoms with van der Waals surface area (Å²) in [6.45, 7) is 5.79. The molecule has 4 nitrogen and oxygen atoms in total. The Morgan fingerprint density at radius 2 is 2.17 bits per heavy atom. The highest BCUT2D eigenvalue weighted by Gasteiger charge is 2.26. The minimum absolute atomic E-state index is 0.0844. The molecule has 18 heavy (non-hydrogen) atoms. The molecule has 3 atom stereocenters. The number of rotatable bonds is 6. The van der Waals surface area contributed by atoms with Gasteiger partial charge in [0.1, 0.15) is 0 Å². The van der Waals surface area contributed by atoms with E-state index in [1.54, 1.807) is 0 Å². The normalized spacial score (nSPS) is 23.8. The van der Waals surface area contributed by atoms with Gasteiger partial charge in [-0.05, 0) is 38.5 Å². The number of nitrogens with two attached hydrogens (primary N) is 1. The zero-order valence-corrected chi connectivity index (χ0v) is 11.8. The minimum atomic E-state index is 0.0844.